The fraction of sp³-hybridized carbons (Fsp3) is 0.615. The highest BCUT2D eigenvalue weighted by Crippen LogP contribution is 2.59. The zero-order chi connectivity index (χ0) is 12.3. The second kappa shape index (κ2) is 3.06. The maximum atomic E-state index is 11.8. The summed E-state index contributed by atoms with van der Waals surface area (Å²) in [6, 6.07) is 0. The molecule has 2 aliphatic carbocycles. The molecule has 0 atom stereocenters. The van der Waals surface area contributed by atoms with Crippen molar-refractivity contribution in [1.82, 2.24) is 4.90 Å². The van der Waals surface area contributed by atoms with Crippen LogP contribution in [0, 0.1) is 5.41 Å². The van der Waals surface area contributed by atoms with E-state index in [-0.39, 0.29) is 28.6 Å². The first-order chi connectivity index (χ1) is 7.99. The number of carbonyl (C=O) groups excluding carboxylic acids is 3. The number of imide groups is 1. The lowest BCUT2D eigenvalue weighted by atomic mass is 9.81. The molecule has 2 amide bonds. The lowest BCUT2D eigenvalue weighted by Crippen LogP contribution is -2.49. The van der Waals surface area contributed by atoms with E-state index in [1.54, 1.807) is 6.92 Å². The van der Waals surface area contributed by atoms with Crippen molar-refractivity contribution in [2.24, 2.45) is 5.41 Å². The van der Waals surface area contributed by atoms with Gasteiger partial charge in [-0.2, -0.15) is 0 Å². The van der Waals surface area contributed by atoms with Gasteiger partial charge in [0.05, 0.1) is 5.54 Å². The highest BCUT2D eigenvalue weighted by molar-refractivity contribution is 6.13. The lowest BCUT2D eigenvalue weighted by molar-refractivity contribution is -0.144. The summed E-state index contributed by atoms with van der Waals surface area (Å²) in [5.41, 5.74) is -0.632. The monoisotopic (exact) mass is 233 g/mol. The van der Waals surface area contributed by atoms with Crippen LogP contribution in [0.4, 0.5) is 0 Å². The number of hydrogen-bond donors (Lipinski definition) is 0. The van der Waals surface area contributed by atoms with Gasteiger partial charge in [0.2, 0.25) is 0 Å². The van der Waals surface area contributed by atoms with Crippen LogP contribution in [0.5, 0.6) is 0 Å². The Hall–Kier alpha value is -1.45. The Labute approximate surface area is 99.7 Å². The van der Waals surface area contributed by atoms with Crippen molar-refractivity contribution in [3.8, 4) is 0 Å². The number of carbonyl (C=O) groups is 3. The highest BCUT2D eigenvalue weighted by atomic mass is 16.2. The summed E-state index contributed by atoms with van der Waals surface area (Å²) in [7, 11) is 0. The van der Waals surface area contributed by atoms with Gasteiger partial charge in [0.1, 0.15) is 5.78 Å². The number of hydrogen-bond acceptors (Lipinski definition) is 3. The van der Waals surface area contributed by atoms with Crippen LogP contribution in [0.2, 0.25) is 0 Å². The van der Waals surface area contributed by atoms with Gasteiger partial charge < -0.3 is 0 Å². The topological polar surface area (TPSA) is 54.5 Å². The van der Waals surface area contributed by atoms with E-state index in [2.05, 4.69) is 0 Å². The Morgan fingerprint density at radius 2 is 1.65 bits per heavy atom. The molecule has 1 aliphatic heterocycles. The fourth-order valence-corrected chi connectivity index (χ4v) is 3.82. The number of ketones is 1. The zero-order valence-electron chi connectivity index (χ0n) is 9.86. The van der Waals surface area contributed by atoms with Crippen molar-refractivity contribution in [3.63, 3.8) is 0 Å². The Balaban J connectivity index is 1.94. The van der Waals surface area contributed by atoms with Crippen molar-refractivity contribution in [1.29, 1.82) is 0 Å². The molecule has 3 aliphatic rings. The van der Waals surface area contributed by atoms with Gasteiger partial charge in [0, 0.05) is 17.6 Å². The summed E-state index contributed by atoms with van der Waals surface area (Å²) in [4.78, 5) is 36.7. The molecule has 17 heavy (non-hydrogen) atoms. The molecular formula is C13H15NO3. The molecule has 0 N–H and O–H groups in total. The van der Waals surface area contributed by atoms with E-state index in [9.17, 15) is 14.4 Å². The Kier molecular flexibility index (Phi) is 1.92. The van der Waals surface area contributed by atoms with E-state index in [4.69, 9.17) is 0 Å². The van der Waals surface area contributed by atoms with E-state index in [1.807, 2.05) is 0 Å². The maximum Gasteiger partial charge on any atom is 0.254 e. The van der Waals surface area contributed by atoms with Crippen LogP contribution >= 0.6 is 0 Å². The summed E-state index contributed by atoms with van der Waals surface area (Å²) in [5, 5.41) is 0. The molecule has 2 fully saturated rings. The van der Waals surface area contributed by atoms with Crippen molar-refractivity contribution in [2.75, 3.05) is 0 Å². The lowest BCUT2D eigenvalue weighted by Gasteiger charge is -2.35. The van der Waals surface area contributed by atoms with Gasteiger partial charge in [-0.25, -0.2) is 0 Å². The molecule has 0 aromatic rings. The first-order valence-electron chi connectivity index (χ1n) is 6.07. The molecule has 0 unspecified atom stereocenters. The minimum absolute atomic E-state index is 0.212. The van der Waals surface area contributed by atoms with E-state index >= 15 is 0 Å². The highest BCUT2D eigenvalue weighted by Gasteiger charge is 2.61. The minimum atomic E-state index is -0.372. The van der Waals surface area contributed by atoms with Crippen molar-refractivity contribution >= 4 is 17.6 Å². The molecular weight excluding hydrogens is 218 g/mol. The maximum absolute atomic E-state index is 11.8. The molecule has 90 valence electrons. The molecule has 4 nitrogen and oxygen atoms in total. The molecule has 3 rings (SSSR count). The first-order valence-corrected chi connectivity index (χ1v) is 6.07. The molecule has 0 saturated heterocycles. The standard InChI is InChI=1S/C13H15NO3/c1-9(15)12-4-6-13(8-12,7-5-12)14-10(16)2-3-11(14)17/h2-3H,4-8H2,1H3. The van der Waals surface area contributed by atoms with Crippen LogP contribution in [0.3, 0.4) is 0 Å². The molecule has 0 spiro atoms. The third-order valence-electron chi connectivity index (χ3n) is 4.84. The fourth-order valence-electron chi connectivity index (χ4n) is 3.82. The zero-order valence-corrected chi connectivity index (χ0v) is 9.86. The van der Waals surface area contributed by atoms with E-state index in [0.717, 1.165) is 25.7 Å². The van der Waals surface area contributed by atoms with Crippen LogP contribution in [-0.2, 0) is 14.4 Å². The summed E-state index contributed by atoms with van der Waals surface area (Å²) in [6.07, 6.45) is 6.55. The van der Waals surface area contributed by atoms with Gasteiger partial charge in [-0.05, 0) is 39.0 Å². The molecule has 2 saturated carbocycles. The Morgan fingerprint density at radius 3 is 2.06 bits per heavy atom. The number of fused-ring (bicyclic) bond motifs is 2. The van der Waals surface area contributed by atoms with Gasteiger partial charge in [0.25, 0.3) is 11.8 Å². The number of Topliss-reactive ketones (excluding diaryl/α,β-unsaturated/α-hetero) is 1. The SMILES string of the molecule is CC(=O)C12CCC(N3C(=O)C=CC3=O)(CC1)C2. The van der Waals surface area contributed by atoms with Crippen LogP contribution in [0.15, 0.2) is 12.2 Å². The van der Waals surface area contributed by atoms with Crippen molar-refractivity contribution in [2.45, 2.75) is 44.6 Å². The summed E-state index contributed by atoms with van der Waals surface area (Å²) >= 11 is 0. The number of rotatable bonds is 2. The third-order valence-corrected chi connectivity index (χ3v) is 4.84. The second-order valence-electron chi connectivity index (χ2n) is 5.58. The van der Waals surface area contributed by atoms with Gasteiger partial charge in [-0.15, -0.1) is 0 Å². The van der Waals surface area contributed by atoms with Gasteiger partial charge in [-0.1, -0.05) is 0 Å². The number of nitrogens with zero attached hydrogens (tertiary/aromatic N) is 1. The van der Waals surface area contributed by atoms with Crippen molar-refractivity contribution < 1.29 is 14.4 Å². The predicted molar refractivity (Wildman–Crippen MR) is 59.9 cm³/mol. The van der Waals surface area contributed by atoms with Crippen molar-refractivity contribution in [3.05, 3.63) is 12.2 Å². The third kappa shape index (κ3) is 1.21. The summed E-state index contributed by atoms with van der Waals surface area (Å²) in [5.74, 6) is -0.212. The van der Waals surface area contributed by atoms with Crippen LogP contribution in [0.25, 0.3) is 0 Å². The molecule has 0 aromatic heterocycles. The Morgan fingerprint density at radius 1 is 1.12 bits per heavy atom. The smallest absolute Gasteiger partial charge is 0.254 e. The summed E-state index contributed by atoms with van der Waals surface area (Å²) in [6.45, 7) is 1.63. The number of amides is 2. The van der Waals surface area contributed by atoms with Gasteiger partial charge >= 0.3 is 0 Å². The minimum Gasteiger partial charge on any atom is -0.299 e. The molecule has 0 radical (unpaired) electrons. The predicted octanol–water partition coefficient (Wildman–Crippen LogP) is 1.20. The quantitative estimate of drug-likeness (QED) is 0.673. The first kappa shape index (κ1) is 10.7. The molecule has 2 bridgehead atoms. The van der Waals surface area contributed by atoms with Gasteiger partial charge in [-0.3, -0.25) is 19.3 Å². The normalized spacial score (nSPS) is 39.5. The van der Waals surface area contributed by atoms with E-state index in [1.165, 1.54) is 17.1 Å². The van der Waals surface area contributed by atoms with Gasteiger partial charge in [0.15, 0.2) is 0 Å². The van der Waals surface area contributed by atoms with Crippen LogP contribution < -0.4 is 0 Å². The summed E-state index contributed by atoms with van der Waals surface area (Å²) < 4.78 is 0. The Bertz CT molecular complexity index is 437. The molecule has 4 heteroatoms. The molecule has 1 heterocycles. The second-order valence-corrected chi connectivity index (χ2v) is 5.58. The van der Waals surface area contributed by atoms with E-state index < -0.39 is 0 Å². The largest absolute Gasteiger partial charge is 0.299 e. The van der Waals surface area contributed by atoms with Crippen LogP contribution in [0.1, 0.15) is 39.0 Å². The van der Waals surface area contributed by atoms with Crippen LogP contribution in [-0.4, -0.2) is 28.0 Å². The molecule has 0 aromatic carbocycles. The average Bonchev–Trinajstić information content (AvgIpc) is 2.92. The average molecular weight is 233 g/mol. The van der Waals surface area contributed by atoms with E-state index in [0.29, 0.717) is 6.42 Å².